The lowest BCUT2D eigenvalue weighted by atomic mass is 9.88. The lowest BCUT2D eigenvalue weighted by Gasteiger charge is -2.34. The number of hydrogen-bond donors (Lipinski definition) is 1. The van der Waals surface area contributed by atoms with E-state index in [1.165, 1.54) is 7.11 Å². The summed E-state index contributed by atoms with van der Waals surface area (Å²) in [4.78, 5) is 14.8. The van der Waals surface area contributed by atoms with Crippen LogP contribution in [0.3, 0.4) is 0 Å². The fourth-order valence-electron chi connectivity index (χ4n) is 3.58. The number of halogens is 1. The highest BCUT2D eigenvalue weighted by molar-refractivity contribution is 9.10. The number of esters is 1. The summed E-state index contributed by atoms with van der Waals surface area (Å²) in [6.07, 6.45) is 3.01. The van der Waals surface area contributed by atoms with Crippen LogP contribution in [0.1, 0.15) is 19.3 Å². The van der Waals surface area contributed by atoms with Gasteiger partial charge in [-0.1, -0.05) is 22.0 Å². The summed E-state index contributed by atoms with van der Waals surface area (Å²) in [5.41, 5.74) is 0.352. The molecule has 108 valence electrons. The molecule has 1 N–H and O–H groups in total. The summed E-state index contributed by atoms with van der Waals surface area (Å²) in [7, 11) is 1.48. The van der Waals surface area contributed by atoms with Crippen molar-refractivity contribution in [1.29, 1.82) is 0 Å². The van der Waals surface area contributed by atoms with Crippen LogP contribution in [-0.4, -0.2) is 42.6 Å². The number of methoxy groups -OCH3 is 1. The molecule has 0 aromatic heterocycles. The molecule has 0 radical (unpaired) electrons. The van der Waals surface area contributed by atoms with Gasteiger partial charge in [0.2, 0.25) is 0 Å². The molecule has 2 heterocycles. The predicted molar refractivity (Wildman–Crippen MR) is 81.7 cm³/mol. The first-order valence-electron chi connectivity index (χ1n) is 7.02. The van der Waals surface area contributed by atoms with E-state index >= 15 is 0 Å². The summed E-state index contributed by atoms with van der Waals surface area (Å²) in [5, 5.41) is 3.47. The average molecular weight is 339 g/mol. The van der Waals surface area contributed by atoms with Crippen molar-refractivity contribution < 1.29 is 9.53 Å². The van der Waals surface area contributed by atoms with Crippen LogP contribution in [0.15, 0.2) is 28.7 Å². The molecular formula is C15H19BrN2O2. The van der Waals surface area contributed by atoms with Gasteiger partial charge in [-0.2, -0.15) is 0 Å². The fraction of sp³-hybridized carbons (Fsp3) is 0.533. The zero-order valence-corrected chi connectivity index (χ0v) is 13.1. The standard InChI is InChI=1S/C15H19BrN2O2/c1-20-14(19)15(7-9-18-8-3-6-13(15)18)17-12-5-2-4-11(16)10-12/h2,4-5,10,13,17H,3,6-9H2,1H3. The highest BCUT2D eigenvalue weighted by Gasteiger charge is 2.55. The van der Waals surface area contributed by atoms with Gasteiger partial charge in [-0.3, -0.25) is 4.90 Å². The highest BCUT2D eigenvalue weighted by Crippen LogP contribution is 2.39. The number of nitrogens with zero attached hydrogens (tertiary/aromatic N) is 1. The van der Waals surface area contributed by atoms with E-state index in [1.807, 2.05) is 24.3 Å². The normalized spacial score (nSPS) is 29.2. The third-order valence-electron chi connectivity index (χ3n) is 4.47. The van der Waals surface area contributed by atoms with Gasteiger partial charge in [0, 0.05) is 22.7 Å². The molecule has 2 saturated heterocycles. The second-order valence-electron chi connectivity index (χ2n) is 5.54. The van der Waals surface area contributed by atoms with E-state index in [9.17, 15) is 4.79 Å². The Balaban J connectivity index is 1.93. The van der Waals surface area contributed by atoms with Crippen molar-refractivity contribution in [3.05, 3.63) is 28.7 Å². The third kappa shape index (κ3) is 2.23. The molecule has 1 aromatic carbocycles. The Morgan fingerprint density at radius 3 is 3.10 bits per heavy atom. The molecule has 0 aliphatic carbocycles. The molecule has 20 heavy (non-hydrogen) atoms. The van der Waals surface area contributed by atoms with E-state index in [4.69, 9.17) is 4.74 Å². The van der Waals surface area contributed by atoms with Gasteiger partial charge < -0.3 is 10.1 Å². The number of ether oxygens (including phenoxy) is 1. The minimum absolute atomic E-state index is 0.146. The Kier molecular flexibility index (Phi) is 3.73. The Bertz CT molecular complexity index is 522. The summed E-state index contributed by atoms with van der Waals surface area (Å²) in [5.74, 6) is -0.146. The van der Waals surface area contributed by atoms with E-state index in [0.29, 0.717) is 0 Å². The summed E-state index contributed by atoms with van der Waals surface area (Å²) in [6, 6.07) is 8.19. The fourth-order valence-corrected chi connectivity index (χ4v) is 3.98. The number of rotatable bonds is 3. The van der Waals surface area contributed by atoms with Crippen LogP contribution in [0.25, 0.3) is 0 Å². The lowest BCUT2D eigenvalue weighted by Crippen LogP contribution is -2.54. The topological polar surface area (TPSA) is 41.6 Å². The molecule has 2 unspecified atom stereocenters. The molecule has 4 nitrogen and oxygen atoms in total. The van der Waals surface area contributed by atoms with Crippen molar-refractivity contribution in [2.75, 3.05) is 25.5 Å². The van der Waals surface area contributed by atoms with Crippen LogP contribution < -0.4 is 5.32 Å². The Hall–Kier alpha value is -1.07. The minimum atomic E-state index is -0.605. The first-order valence-corrected chi connectivity index (χ1v) is 7.81. The number of carbonyl (C=O) groups excluding carboxylic acids is 1. The molecule has 3 rings (SSSR count). The molecule has 0 saturated carbocycles. The number of benzene rings is 1. The van der Waals surface area contributed by atoms with Gasteiger partial charge in [-0.25, -0.2) is 4.79 Å². The lowest BCUT2D eigenvalue weighted by molar-refractivity contribution is -0.146. The minimum Gasteiger partial charge on any atom is -0.467 e. The molecule has 2 fully saturated rings. The quantitative estimate of drug-likeness (QED) is 0.860. The molecule has 1 aromatic rings. The van der Waals surface area contributed by atoms with Gasteiger partial charge in [-0.15, -0.1) is 0 Å². The Morgan fingerprint density at radius 1 is 1.50 bits per heavy atom. The van der Waals surface area contributed by atoms with E-state index in [0.717, 1.165) is 42.5 Å². The van der Waals surface area contributed by atoms with Crippen molar-refractivity contribution >= 4 is 27.6 Å². The van der Waals surface area contributed by atoms with E-state index in [-0.39, 0.29) is 12.0 Å². The van der Waals surface area contributed by atoms with E-state index < -0.39 is 5.54 Å². The van der Waals surface area contributed by atoms with Gasteiger partial charge in [0.05, 0.1) is 7.11 Å². The number of carbonyl (C=O) groups is 1. The smallest absolute Gasteiger partial charge is 0.333 e. The van der Waals surface area contributed by atoms with E-state index in [1.54, 1.807) is 0 Å². The van der Waals surface area contributed by atoms with Crippen molar-refractivity contribution in [1.82, 2.24) is 4.90 Å². The second-order valence-corrected chi connectivity index (χ2v) is 6.46. The molecule has 0 bridgehead atoms. The Labute approximate surface area is 127 Å². The van der Waals surface area contributed by atoms with Crippen LogP contribution in [0, 0.1) is 0 Å². The van der Waals surface area contributed by atoms with Crippen LogP contribution in [0.5, 0.6) is 0 Å². The zero-order valence-electron chi connectivity index (χ0n) is 11.6. The molecule has 5 heteroatoms. The molecule has 2 aliphatic heterocycles. The average Bonchev–Trinajstić information content (AvgIpc) is 3.02. The largest absolute Gasteiger partial charge is 0.467 e. The zero-order chi connectivity index (χ0) is 14.2. The monoisotopic (exact) mass is 338 g/mol. The second kappa shape index (κ2) is 5.37. The number of nitrogens with one attached hydrogen (secondary N) is 1. The van der Waals surface area contributed by atoms with Gasteiger partial charge in [0.15, 0.2) is 5.54 Å². The third-order valence-corrected chi connectivity index (χ3v) is 4.96. The Morgan fingerprint density at radius 2 is 2.35 bits per heavy atom. The van der Waals surface area contributed by atoms with Gasteiger partial charge >= 0.3 is 5.97 Å². The number of hydrogen-bond acceptors (Lipinski definition) is 4. The summed E-state index contributed by atoms with van der Waals surface area (Å²) < 4.78 is 6.11. The van der Waals surface area contributed by atoms with Gasteiger partial charge in [0.1, 0.15) is 0 Å². The number of anilines is 1. The van der Waals surface area contributed by atoms with Crippen LogP contribution in [0.4, 0.5) is 5.69 Å². The maximum absolute atomic E-state index is 12.4. The van der Waals surface area contributed by atoms with Crippen LogP contribution in [-0.2, 0) is 9.53 Å². The first kappa shape index (κ1) is 13.9. The first-order chi connectivity index (χ1) is 9.65. The van der Waals surface area contributed by atoms with E-state index in [2.05, 4.69) is 26.1 Å². The van der Waals surface area contributed by atoms with Gasteiger partial charge in [0.25, 0.3) is 0 Å². The molecular weight excluding hydrogens is 320 g/mol. The molecule has 2 aliphatic rings. The number of fused-ring (bicyclic) bond motifs is 1. The molecule has 2 atom stereocenters. The van der Waals surface area contributed by atoms with Crippen molar-refractivity contribution in [3.63, 3.8) is 0 Å². The van der Waals surface area contributed by atoms with Gasteiger partial charge in [-0.05, 0) is 44.0 Å². The summed E-state index contributed by atoms with van der Waals surface area (Å²) in [6.45, 7) is 2.05. The molecule has 0 amide bonds. The SMILES string of the molecule is COC(=O)C1(Nc2cccc(Br)c2)CCN2CCCC21. The highest BCUT2D eigenvalue weighted by atomic mass is 79.9. The summed E-state index contributed by atoms with van der Waals surface area (Å²) >= 11 is 3.47. The van der Waals surface area contributed by atoms with Crippen molar-refractivity contribution in [2.24, 2.45) is 0 Å². The molecule has 0 spiro atoms. The maximum atomic E-state index is 12.4. The van der Waals surface area contributed by atoms with Crippen molar-refractivity contribution in [2.45, 2.75) is 30.8 Å². The predicted octanol–water partition coefficient (Wildman–Crippen LogP) is 2.64. The van der Waals surface area contributed by atoms with Crippen LogP contribution in [0.2, 0.25) is 0 Å². The van der Waals surface area contributed by atoms with Crippen molar-refractivity contribution in [3.8, 4) is 0 Å². The maximum Gasteiger partial charge on any atom is 0.333 e. The van der Waals surface area contributed by atoms with Crippen LogP contribution >= 0.6 is 15.9 Å².